The van der Waals surface area contributed by atoms with Gasteiger partial charge in [-0.25, -0.2) is 0 Å². The van der Waals surface area contributed by atoms with Crippen molar-refractivity contribution < 1.29 is 9.53 Å². The summed E-state index contributed by atoms with van der Waals surface area (Å²) in [6, 6.07) is 2.20. The van der Waals surface area contributed by atoms with Gasteiger partial charge in [-0.05, 0) is 43.2 Å². The van der Waals surface area contributed by atoms with Gasteiger partial charge in [-0.1, -0.05) is 20.8 Å². The minimum absolute atomic E-state index is 0.189. The Morgan fingerprint density at radius 1 is 1.26 bits per heavy atom. The molecule has 0 bridgehead atoms. The van der Waals surface area contributed by atoms with Crippen molar-refractivity contribution in [2.45, 2.75) is 59.1 Å². The molecule has 1 heterocycles. The number of hydrogen-bond donors (Lipinski definition) is 1. The third-order valence-electron chi connectivity index (χ3n) is 2.41. The average Bonchev–Trinajstić information content (AvgIpc) is 2.62. The Kier molecular flexibility index (Phi) is 5.16. The lowest BCUT2D eigenvalue weighted by atomic mass is 9.94. The van der Waals surface area contributed by atoms with Crippen LogP contribution in [0.2, 0.25) is 0 Å². The monoisotopic (exact) mass is 283 g/mol. The number of ether oxygens (including phenoxy) is 1. The fourth-order valence-electron chi connectivity index (χ4n) is 1.55. The Labute approximate surface area is 120 Å². The van der Waals surface area contributed by atoms with Crippen LogP contribution < -0.4 is 5.32 Å². The zero-order valence-electron chi connectivity index (χ0n) is 12.8. The van der Waals surface area contributed by atoms with Crippen LogP contribution in [0.3, 0.4) is 0 Å². The summed E-state index contributed by atoms with van der Waals surface area (Å²) in [6.45, 7) is 13.2. The van der Waals surface area contributed by atoms with Crippen LogP contribution in [-0.4, -0.2) is 18.1 Å². The van der Waals surface area contributed by atoms with Crippen molar-refractivity contribution >= 4 is 17.3 Å². The second kappa shape index (κ2) is 6.06. The summed E-state index contributed by atoms with van der Waals surface area (Å²) in [7, 11) is 0. The van der Waals surface area contributed by atoms with Gasteiger partial charge in [-0.3, -0.25) is 4.79 Å². The summed E-state index contributed by atoms with van der Waals surface area (Å²) in [5, 5.41) is 5.26. The number of hydrogen-bond acceptors (Lipinski definition) is 4. The molecular formula is C15H25NO2S. The molecule has 1 N–H and O–H groups in total. The van der Waals surface area contributed by atoms with Gasteiger partial charge in [0, 0.05) is 11.4 Å². The molecule has 0 aliphatic carbocycles. The Bertz CT molecular complexity index is 424. The predicted molar refractivity (Wildman–Crippen MR) is 80.6 cm³/mol. The van der Waals surface area contributed by atoms with E-state index in [0.717, 1.165) is 0 Å². The van der Waals surface area contributed by atoms with Crippen LogP contribution in [0.5, 0.6) is 0 Å². The lowest BCUT2D eigenvalue weighted by Gasteiger charge is -2.19. The molecule has 1 aromatic heterocycles. The molecule has 19 heavy (non-hydrogen) atoms. The minimum atomic E-state index is -0.416. The smallest absolute Gasteiger partial charge is 0.320 e. The molecule has 0 unspecified atom stereocenters. The van der Waals surface area contributed by atoms with Crippen molar-refractivity contribution in [1.82, 2.24) is 5.32 Å². The summed E-state index contributed by atoms with van der Waals surface area (Å²) in [5.74, 6) is -0.209. The molecule has 0 amide bonds. The van der Waals surface area contributed by atoms with Crippen molar-refractivity contribution in [1.29, 1.82) is 0 Å². The first kappa shape index (κ1) is 16.2. The number of nitrogens with one attached hydrogen (secondary N) is 1. The van der Waals surface area contributed by atoms with Crippen molar-refractivity contribution in [3.63, 3.8) is 0 Å². The highest BCUT2D eigenvalue weighted by molar-refractivity contribution is 7.10. The van der Waals surface area contributed by atoms with E-state index in [2.05, 4.69) is 37.5 Å². The number of rotatable bonds is 4. The second-order valence-corrected chi connectivity index (χ2v) is 7.67. The van der Waals surface area contributed by atoms with Gasteiger partial charge >= 0.3 is 5.97 Å². The SMILES string of the molecule is CC(C)(C)OC(=O)CNCc1csc(C(C)(C)C)c1. The van der Waals surface area contributed by atoms with Crippen LogP contribution in [0, 0.1) is 0 Å². The molecule has 1 aromatic rings. The molecule has 0 spiro atoms. The summed E-state index contributed by atoms with van der Waals surface area (Å²) < 4.78 is 5.24. The van der Waals surface area contributed by atoms with Crippen molar-refractivity contribution in [2.75, 3.05) is 6.54 Å². The molecule has 0 atom stereocenters. The molecule has 0 aliphatic heterocycles. The fourth-order valence-corrected chi connectivity index (χ4v) is 2.55. The number of carbonyl (C=O) groups excluding carboxylic acids is 1. The molecule has 0 saturated carbocycles. The quantitative estimate of drug-likeness (QED) is 0.860. The van der Waals surface area contributed by atoms with Crippen LogP contribution in [0.4, 0.5) is 0 Å². The molecule has 0 aliphatic rings. The zero-order chi connectivity index (χ0) is 14.7. The number of thiophene rings is 1. The molecule has 0 fully saturated rings. The van der Waals surface area contributed by atoms with Gasteiger partial charge in [-0.15, -0.1) is 11.3 Å². The van der Waals surface area contributed by atoms with E-state index in [0.29, 0.717) is 6.54 Å². The van der Waals surface area contributed by atoms with Gasteiger partial charge in [0.2, 0.25) is 0 Å². The van der Waals surface area contributed by atoms with E-state index in [4.69, 9.17) is 4.74 Å². The third kappa shape index (κ3) is 6.21. The maximum absolute atomic E-state index is 11.5. The molecule has 3 nitrogen and oxygen atoms in total. The Balaban J connectivity index is 2.38. The van der Waals surface area contributed by atoms with Gasteiger partial charge in [0.15, 0.2) is 0 Å². The van der Waals surface area contributed by atoms with Gasteiger partial charge < -0.3 is 10.1 Å². The summed E-state index contributed by atoms with van der Waals surface area (Å²) in [6.07, 6.45) is 0. The zero-order valence-corrected chi connectivity index (χ0v) is 13.6. The van der Waals surface area contributed by atoms with E-state index in [1.165, 1.54) is 10.4 Å². The Morgan fingerprint density at radius 3 is 2.37 bits per heavy atom. The molecule has 108 valence electrons. The average molecular weight is 283 g/mol. The van der Waals surface area contributed by atoms with E-state index in [-0.39, 0.29) is 17.9 Å². The van der Waals surface area contributed by atoms with Gasteiger partial charge in [0.25, 0.3) is 0 Å². The highest BCUT2D eigenvalue weighted by Crippen LogP contribution is 2.28. The topological polar surface area (TPSA) is 38.3 Å². The molecule has 4 heteroatoms. The second-order valence-electron chi connectivity index (χ2n) is 6.76. The van der Waals surface area contributed by atoms with Crippen LogP contribution in [0.25, 0.3) is 0 Å². The largest absolute Gasteiger partial charge is 0.459 e. The minimum Gasteiger partial charge on any atom is -0.459 e. The van der Waals surface area contributed by atoms with E-state index < -0.39 is 5.60 Å². The van der Waals surface area contributed by atoms with Gasteiger partial charge in [0.1, 0.15) is 5.60 Å². The van der Waals surface area contributed by atoms with Crippen LogP contribution >= 0.6 is 11.3 Å². The normalized spacial score (nSPS) is 12.5. The van der Waals surface area contributed by atoms with Crippen LogP contribution in [-0.2, 0) is 21.5 Å². The van der Waals surface area contributed by atoms with Gasteiger partial charge in [0.05, 0.1) is 6.54 Å². The molecule has 1 rings (SSSR count). The van der Waals surface area contributed by atoms with Crippen molar-refractivity contribution in [3.8, 4) is 0 Å². The third-order valence-corrected chi connectivity index (χ3v) is 3.82. The summed E-state index contributed by atoms with van der Waals surface area (Å²) >= 11 is 1.77. The van der Waals surface area contributed by atoms with Crippen LogP contribution in [0.1, 0.15) is 52.0 Å². The molecule has 0 saturated heterocycles. The van der Waals surface area contributed by atoms with E-state index in [9.17, 15) is 4.79 Å². The first-order valence-electron chi connectivity index (χ1n) is 6.58. The standard InChI is InChI=1S/C15H25NO2S/c1-14(2,3)12-7-11(10-19-12)8-16-9-13(17)18-15(4,5)6/h7,10,16H,8-9H2,1-6H3. The lowest BCUT2D eigenvalue weighted by molar-refractivity contribution is -0.153. The van der Waals surface area contributed by atoms with Gasteiger partial charge in [-0.2, -0.15) is 0 Å². The van der Waals surface area contributed by atoms with E-state index in [1.807, 2.05) is 20.8 Å². The van der Waals surface area contributed by atoms with E-state index >= 15 is 0 Å². The molecular weight excluding hydrogens is 258 g/mol. The Hall–Kier alpha value is -0.870. The summed E-state index contributed by atoms with van der Waals surface area (Å²) in [4.78, 5) is 12.9. The van der Waals surface area contributed by atoms with Crippen molar-refractivity contribution in [2.24, 2.45) is 0 Å². The maximum Gasteiger partial charge on any atom is 0.320 e. The lowest BCUT2D eigenvalue weighted by Crippen LogP contribution is -2.31. The van der Waals surface area contributed by atoms with E-state index in [1.54, 1.807) is 11.3 Å². The highest BCUT2D eigenvalue weighted by Gasteiger charge is 2.17. The number of esters is 1. The van der Waals surface area contributed by atoms with Crippen molar-refractivity contribution in [3.05, 3.63) is 21.9 Å². The molecule has 0 radical (unpaired) electrons. The van der Waals surface area contributed by atoms with Crippen LogP contribution in [0.15, 0.2) is 11.4 Å². The fraction of sp³-hybridized carbons (Fsp3) is 0.667. The maximum atomic E-state index is 11.5. The number of carbonyl (C=O) groups is 1. The predicted octanol–water partition coefficient (Wildman–Crippen LogP) is 3.48. The highest BCUT2D eigenvalue weighted by atomic mass is 32.1. The summed E-state index contributed by atoms with van der Waals surface area (Å²) in [5.41, 5.74) is 0.993. The first-order chi connectivity index (χ1) is 8.58. The Morgan fingerprint density at radius 2 is 1.89 bits per heavy atom. The molecule has 0 aromatic carbocycles. The first-order valence-corrected chi connectivity index (χ1v) is 7.46.